The van der Waals surface area contributed by atoms with Crippen LogP contribution < -0.4 is 5.32 Å². The molecule has 1 amide bonds. The number of ether oxygens (including phenoxy) is 1. The van der Waals surface area contributed by atoms with Gasteiger partial charge in [0.05, 0.1) is 6.61 Å². The smallest absolute Gasteiger partial charge is 0.330 e. The molecule has 1 heterocycles. The van der Waals surface area contributed by atoms with Crippen LogP contribution in [0.1, 0.15) is 23.0 Å². The van der Waals surface area contributed by atoms with Gasteiger partial charge in [-0.05, 0) is 58.8 Å². The maximum Gasteiger partial charge on any atom is 0.330 e. The molecule has 0 aliphatic rings. The minimum atomic E-state index is -0.386. The van der Waals surface area contributed by atoms with E-state index >= 15 is 0 Å². The van der Waals surface area contributed by atoms with E-state index in [4.69, 9.17) is 9.15 Å². The molecule has 2 rings (SSSR count). The molecule has 0 spiro atoms. The number of nitrogens with one attached hydrogen (secondary N) is 1. The molecule has 0 unspecified atom stereocenters. The van der Waals surface area contributed by atoms with Gasteiger partial charge in [-0.3, -0.25) is 4.79 Å². The third kappa shape index (κ3) is 4.60. The molecule has 1 aromatic heterocycles. The average molecular weight is 364 g/mol. The van der Waals surface area contributed by atoms with Crippen molar-refractivity contribution in [3.05, 3.63) is 58.5 Å². The molecule has 6 heteroatoms. The van der Waals surface area contributed by atoms with E-state index in [0.717, 1.165) is 5.56 Å². The molecule has 114 valence electrons. The summed E-state index contributed by atoms with van der Waals surface area (Å²) >= 11 is 3.14. The van der Waals surface area contributed by atoms with E-state index in [1.807, 2.05) is 0 Å². The van der Waals surface area contributed by atoms with Crippen LogP contribution in [-0.4, -0.2) is 18.5 Å². The van der Waals surface area contributed by atoms with Crippen LogP contribution in [0.5, 0.6) is 0 Å². The summed E-state index contributed by atoms with van der Waals surface area (Å²) in [5.41, 5.74) is 1.46. The van der Waals surface area contributed by atoms with Crippen molar-refractivity contribution >= 4 is 39.6 Å². The molecule has 22 heavy (non-hydrogen) atoms. The van der Waals surface area contributed by atoms with E-state index in [0.29, 0.717) is 17.0 Å². The van der Waals surface area contributed by atoms with Gasteiger partial charge in [0.1, 0.15) is 0 Å². The predicted molar refractivity (Wildman–Crippen MR) is 86.5 cm³/mol. The molecule has 0 atom stereocenters. The fourth-order valence-electron chi connectivity index (χ4n) is 1.66. The zero-order valence-electron chi connectivity index (χ0n) is 11.8. The molecule has 1 N–H and O–H groups in total. The lowest BCUT2D eigenvalue weighted by Crippen LogP contribution is -2.10. The first kappa shape index (κ1) is 16.0. The highest BCUT2D eigenvalue weighted by atomic mass is 79.9. The zero-order valence-corrected chi connectivity index (χ0v) is 13.4. The van der Waals surface area contributed by atoms with Gasteiger partial charge in [0.2, 0.25) is 0 Å². The first-order valence-corrected chi connectivity index (χ1v) is 7.39. The number of hydrogen-bond acceptors (Lipinski definition) is 4. The van der Waals surface area contributed by atoms with Crippen LogP contribution in [0.25, 0.3) is 6.08 Å². The van der Waals surface area contributed by atoms with Crippen molar-refractivity contribution in [2.45, 2.75) is 6.92 Å². The third-order valence-corrected chi connectivity index (χ3v) is 3.09. The minimum absolute atomic E-state index is 0.221. The molecule has 0 aliphatic heterocycles. The van der Waals surface area contributed by atoms with Crippen molar-refractivity contribution in [2.24, 2.45) is 0 Å². The van der Waals surface area contributed by atoms with Crippen molar-refractivity contribution in [1.29, 1.82) is 0 Å². The monoisotopic (exact) mass is 363 g/mol. The number of carbonyl (C=O) groups excluding carboxylic acids is 2. The average Bonchev–Trinajstić information content (AvgIpc) is 2.93. The molecular formula is C16H14BrNO4. The largest absolute Gasteiger partial charge is 0.463 e. The van der Waals surface area contributed by atoms with Crippen LogP contribution in [0.4, 0.5) is 5.69 Å². The SMILES string of the molecule is CCOC(=O)/C=C/c1ccc(NC(=O)c2ccc(Br)o2)cc1. The lowest BCUT2D eigenvalue weighted by Gasteiger charge is -2.03. The fraction of sp³-hybridized carbons (Fsp3) is 0.125. The summed E-state index contributed by atoms with van der Waals surface area (Å²) in [6, 6.07) is 10.3. The van der Waals surface area contributed by atoms with Crippen molar-refractivity contribution in [3.63, 3.8) is 0 Å². The summed E-state index contributed by atoms with van der Waals surface area (Å²) in [4.78, 5) is 23.1. The summed E-state index contributed by atoms with van der Waals surface area (Å²) in [6.07, 6.45) is 3.00. The van der Waals surface area contributed by atoms with E-state index in [2.05, 4.69) is 21.2 Å². The van der Waals surface area contributed by atoms with E-state index in [1.54, 1.807) is 49.4 Å². The summed E-state index contributed by atoms with van der Waals surface area (Å²) in [5.74, 6) is -0.498. The van der Waals surface area contributed by atoms with Crippen molar-refractivity contribution in [2.75, 3.05) is 11.9 Å². The topological polar surface area (TPSA) is 68.5 Å². The Balaban J connectivity index is 1.97. The van der Waals surface area contributed by atoms with Crippen LogP contribution in [-0.2, 0) is 9.53 Å². The molecule has 5 nitrogen and oxygen atoms in total. The Hall–Kier alpha value is -2.34. The Labute approximate surface area is 136 Å². The van der Waals surface area contributed by atoms with Gasteiger partial charge >= 0.3 is 5.97 Å². The Morgan fingerprint density at radius 1 is 1.23 bits per heavy atom. The van der Waals surface area contributed by atoms with Gasteiger partial charge < -0.3 is 14.5 Å². The van der Waals surface area contributed by atoms with Crippen LogP contribution in [0.15, 0.2) is 51.6 Å². The van der Waals surface area contributed by atoms with Crippen LogP contribution >= 0.6 is 15.9 Å². The second-order valence-corrected chi connectivity index (χ2v) is 5.05. The Morgan fingerprint density at radius 3 is 2.55 bits per heavy atom. The van der Waals surface area contributed by atoms with E-state index in [-0.39, 0.29) is 17.6 Å². The highest BCUT2D eigenvalue weighted by molar-refractivity contribution is 9.10. The normalized spacial score (nSPS) is 10.6. The number of amides is 1. The number of benzene rings is 1. The molecule has 0 radical (unpaired) electrons. The second kappa shape index (κ2) is 7.61. The highest BCUT2D eigenvalue weighted by Gasteiger charge is 2.10. The standard InChI is InChI=1S/C16H14BrNO4/c1-2-21-15(19)10-5-11-3-6-12(7-4-11)18-16(20)13-8-9-14(17)22-13/h3-10H,2H2,1H3,(H,18,20)/b10-5+. The number of halogens is 1. The number of hydrogen-bond donors (Lipinski definition) is 1. The molecule has 0 saturated heterocycles. The molecule has 0 saturated carbocycles. The number of esters is 1. The Kier molecular flexibility index (Phi) is 5.55. The lowest BCUT2D eigenvalue weighted by atomic mass is 10.2. The van der Waals surface area contributed by atoms with Gasteiger partial charge in [0.25, 0.3) is 5.91 Å². The number of carbonyl (C=O) groups is 2. The number of furan rings is 1. The van der Waals surface area contributed by atoms with Gasteiger partial charge in [-0.2, -0.15) is 0 Å². The predicted octanol–water partition coefficient (Wildman–Crippen LogP) is 3.87. The Morgan fingerprint density at radius 2 is 1.95 bits per heavy atom. The third-order valence-electron chi connectivity index (χ3n) is 2.66. The minimum Gasteiger partial charge on any atom is -0.463 e. The molecule has 0 fully saturated rings. The van der Waals surface area contributed by atoms with E-state index in [1.165, 1.54) is 6.08 Å². The quantitative estimate of drug-likeness (QED) is 0.646. The molecular weight excluding hydrogens is 350 g/mol. The number of rotatable bonds is 5. The summed E-state index contributed by atoms with van der Waals surface area (Å²) in [5, 5.41) is 2.71. The summed E-state index contributed by atoms with van der Waals surface area (Å²) in [6.45, 7) is 2.10. The molecule has 1 aromatic carbocycles. The second-order valence-electron chi connectivity index (χ2n) is 4.27. The van der Waals surface area contributed by atoms with Gasteiger partial charge in [-0.15, -0.1) is 0 Å². The maximum atomic E-state index is 11.9. The molecule has 0 bridgehead atoms. The van der Waals surface area contributed by atoms with Gasteiger partial charge in [-0.25, -0.2) is 4.79 Å². The summed E-state index contributed by atoms with van der Waals surface area (Å²) < 4.78 is 10.5. The van der Waals surface area contributed by atoms with Gasteiger partial charge in [0.15, 0.2) is 10.4 Å². The van der Waals surface area contributed by atoms with E-state index in [9.17, 15) is 9.59 Å². The van der Waals surface area contributed by atoms with Crippen LogP contribution in [0.3, 0.4) is 0 Å². The number of anilines is 1. The van der Waals surface area contributed by atoms with Crippen molar-refractivity contribution in [1.82, 2.24) is 0 Å². The maximum absolute atomic E-state index is 11.9. The molecule has 0 aliphatic carbocycles. The van der Waals surface area contributed by atoms with Crippen LogP contribution in [0.2, 0.25) is 0 Å². The van der Waals surface area contributed by atoms with Gasteiger partial charge in [0, 0.05) is 11.8 Å². The van der Waals surface area contributed by atoms with Crippen LogP contribution in [0, 0.1) is 0 Å². The lowest BCUT2D eigenvalue weighted by molar-refractivity contribution is -0.137. The summed E-state index contributed by atoms with van der Waals surface area (Å²) in [7, 11) is 0. The fourth-order valence-corrected chi connectivity index (χ4v) is 1.97. The first-order valence-electron chi connectivity index (χ1n) is 6.60. The first-order chi connectivity index (χ1) is 10.6. The zero-order chi connectivity index (χ0) is 15.9. The highest BCUT2D eigenvalue weighted by Crippen LogP contribution is 2.16. The Bertz CT molecular complexity index is 688. The molecule has 2 aromatic rings. The van der Waals surface area contributed by atoms with Crippen molar-refractivity contribution in [3.8, 4) is 0 Å². The van der Waals surface area contributed by atoms with Crippen molar-refractivity contribution < 1.29 is 18.7 Å². The van der Waals surface area contributed by atoms with Gasteiger partial charge in [-0.1, -0.05) is 12.1 Å². The van der Waals surface area contributed by atoms with E-state index < -0.39 is 0 Å².